The zero-order chi connectivity index (χ0) is 10.3. The van der Waals surface area contributed by atoms with Gasteiger partial charge in [0, 0.05) is 6.04 Å². The van der Waals surface area contributed by atoms with Gasteiger partial charge in [0.05, 0.1) is 19.5 Å². The van der Waals surface area contributed by atoms with E-state index >= 15 is 0 Å². The van der Waals surface area contributed by atoms with E-state index in [1.165, 1.54) is 0 Å². The van der Waals surface area contributed by atoms with Crippen LogP contribution in [-0.4, -0.2) is 25.5 Å². The van der Waals surface area contributed by atoms with Gasteiger partial charge in [0.15, 0.2) is 0 Å². The molecule has 0 atom stereocenters. The van der Waals surface area contributed by atoms with Crippen LogP contribution in [-0.2, 0) is 20.9 Å². The molecule has 0 aliphatic rings. The first-order valence-electron chi connectivity index (χ1n) is 4.65. The molecular weight excluding hydrogens is 205 g/mol. The number of hydrogen-bond acceptors (Lipinski definition) is 4. The second kappa shape index (κ2) is 6.91. The first-order chi connectivity index (χ1) is 6.04. The standard InChI is InChI=1S/C8H20NO2PS/c1-5-10-12(13,11-6-2)7-9-8(3)4/h8-9H,5-7H2,1-4H3. The van der Waals surface area contributed by atoms with Gasteiger partial charge in [-0.15, -0.1) is 0 Å². The largest absolute Gasteiger partial charge is 0.329 e. The van der Waals surface area contributed by atoms with Crippen LogP contribution in [0.2, 0.25) is 0 Å². The van der Waals surface area contributed by atoms with E-state index in [2.05, 4.69) is 19.2 Å². The molecule has 3 nitrogen and oxygen atoms in total. The van der Waals surface area contributed by atoms with E-state index < -0.39 is 6.49 Å². The van der Waals surface area contributed by atoms with Gasteiger partial charge in [-0.3, -0.25) is 0 Å². The highest BCUT2D eigenvalue weighted by molar-refractivity contribution is 8.09. The van der Waals surface area contributed by atoms with Gasteiger partial charge in [-0.2, -0.15) is 0 Å². The molecule has 0 saturated carbocycles. The minimum Gasteiger partial charge on any atom is -0.329 e. The van der Waals surface area contributed by atoms with Crippen LogP contribution >= 0.6 is 6.49 Å². The lowest BCUT2D eigenvalue weighted by Crippen LogP contribution is -2.24. The fraction of sp³-hybridized carbons (Fsp3) is 1.00. The van der Waals surface area contributed by atoms with Crippen molar-refractivity contribution in [2.24, 2.45) is 0 Å². The lowest BCUT2D eigenvalue weighted by Gasteiger charge is -2.22. The molecule has 0 saturated heterocycles. The lowest BCUT2D eigenvalue weighted by atomic mass is 10.4. The molecule has 0 aromatic heterocycles. The number of rotatable bonds is 7. The Balaban J connectivity index is 3.99. The van der Waals surface area contributed by atoms with Crippen molar-refractivity contribution in [1.82, 2.24) is 5.32 Å². The van der Waals surface area contributed by atoms with Crippen LogP contribution < -0.4 is 5.32 Å². The molecule has 0 aromatic carbocycles. The fourth-order valence-electron chi connectivity index (χ4n) is 0.816. The smallest absolute Gasteiger partial charge is 0.202 e. The summed E-state index contributed by atoms with van der Waals surface area (Å²) in [5.41, 5.74) is 0. The van der Waals surface area contributed by atoms with E-state index in [-0.39, 0.29) is 0 Å². The molecule has 0 heterocycles. The molecule has 0 aliphatic carbocycles. The summed E-state index contributed by atoms with van der Waals surface area (Å²) in [7, 11) is 0. The van der Waals surface area contributed by atoms with Crippen LogP contribution in [0.15, 0.2) is 0 Å². The lowest BCUT2D eigenvalue weighted by molar-refractivity contribution is 0.263. The predicted octanol–water partition coefficient (Wildman–Crippen LogP) is 2.32. The average Bonchev–Trinajstić information content (AvgIpc) is 2.02. The SMILES string of the molecule is CCOP(=S)(CNC(C)C)OCC. The van der Waals surface area contributed by atoms with Crippen LogP contribution in [0.25, 0.3) is 0 Å². The molecular formula is C8H20NO2PS. The Morgan fingerprint density at radius 2 is 1.69 bits per heavy atom. The number of hydrogen-bond donors (Lipinski definition) is 1. The highest BCUT2D eigenvalue weighted by Gasteiger charge is 2.17. The molecule has 13 heavy (non-hydrogen) atoms. The van der Waals surface area contributed by atoms with Gasteiger partial charge >= 0.3 is 0 Å². The molecule has 0 aromatic rings. The molecule has 0 unspecified atom stereocenters. The topological polar surface area (TPSA) is 30.5 Å². The average molecular weight is 225 g/mol. The van der Waals surface area contributed by atoms with Crippen molar-refractivity contribution in [1.29, 1.82) is 0 Å². The molecule has 0 fully saturated rings. The molecule has 0 spiro atoms. The molecule has 1 N–H and O–H groups in total. The first kappa shape index (κ1) is 13.5. The van der Waals surface area contributed by atoms with Crippen LogP contribution in [0.4, 0.5) is 0 Å². The maximum absolute atomic E-state index is 5.46. The zero-order valence-corrected chi connectivity index (χ0v) is 10.6. The van der Waals surface area contributed by atoms with E-state index in [4.69, 9.17) is 20.9 Å². The second-order valence-corrected chi connectivity index (χ2v) is 6.69. The molecule has 0 amide bonds. The van der Waals surface area contributed by atoms with Gasteiger partial charge in [-0.1, -0.05) is 13.8 Å². The Morgan fingerprint density at radius 3 is 2.00 bits per heavy atom. The summed E-state index contributed by atoms with van der Waals surface area (Å²) >= 11 is 5.32. The maximum Gasteiger partial charge on any atom is 0.202 e. The highest BCUT2D eigenvalue weighted by Crippen LogP contribution is 2.47. The molecule has 5 heteroatoms. The van der Waals surface area contributed by atoms with E-state index in [1.807, 2.05) is 13.8 Å². The molecule has 0 aliphatic heterocycles. The van der Waals surface area contributed by atoms with E-state index in [1.54, 1.807) is 0 Å². The van der Waals surface area contributed by atoms with Gasteiger partial charge in [0.2, 0.25) is 6.49 Å². The molecule has 0 radical (unpaired) electrons. The quantitative estimate of drug-likeness (QED) is 0.674. The second-order valence-electron chi connectivity index (χ2n) is 2.96. The van der Waals surface area contributed by atoms with Gasteiger partial charge in [0.1, 0.15) is 0 Å². The number of nitrogens with one attached hydrogen (secondary N) is 1. The van der Waals surface area contributed by atoms with Crippen molar-refractivity contribution in [3.8, 4) is 0 Å². The summed E-state index contributed by atoms with van der Waals surface area (Å²) in [6.45, 7) is 7.23. The summed E-state index contributed by atoms with van der Waals surface area (Å²) in [5, 5.41) is 3.25. The summed E-state index contributed by atoms with van der Waals surface area (Å²) in [4.78, 5) is 0. The fourth-order valence-corrected chi connectivity index (χ4v) is 3.31. The van der Waals surface area contributed by atoms with Crippen LogP contribution in [0, 0.1) is 0 Å². The van der Waals surface area contributed by atoms with Crippen molar-refractivity contribution in [3.63, 3.8) is 0 Å². The summed E-state index contributed by atoms with van der Waals surface area (Å²) in [6.07, 6.45) is 0.654. The minimum atomic E-state index is -2.05. The third kappa shape index (κ3) is 6.58. The minimum absolute atomic E-state index is 0.420. The van der Waals surface area contributed by atoms with Crippen molar-refractivity contribution in [2.45, 2.75) is 33.7 Å². The van der Waals surface area contributed by atoms with E-state index in [0.29, 0.717) is 25.5 Å². The molecule has 80 valence electrons. The van der Waals surface area contributed by atoms with Crippen LogP contribution in [0.1, 0.15) is 27.7 Å². The van der Waals surface area contributed by atoms with Crippen molar-refractivity contribution < 1.29 is 9.05 Å². The van der Waals surface area contributed by atoms with Gasteiger partial charge in [0.25, 0.3) is 0 Å². The van der Waals surface area contributed by atoms with Gasteiger partial charge in [-0.25, -0.2) is 0 Å². The summed E-state index contributed by atoms with van der Waals surface area (Å²) in [5.74, 6) is 0. The van der Waals surface area contributed by atoms with E-state index in [0.717, 1.165) is 0 Å². The van der Waals surface area contributed by atoms with Crippen molar-refractivity contribution >= 4 is 18.3 Å². The zero-order valence-electron chi connectivity index (χ0n) is 8.87. The van der Waals surface area contributed by atoms with Crippen molar-refractivity contribution in [3.05, 3.63) is 0 Å². The van der Waals surface area contributed by atoms with Gasteiger partial charge < -0.3 is 14.4 Å². The summed E-state index contributed by atoms with van der Waals surface area (Å²) < 4.78 is 10.9. The predicted molar refractivity (Wildman–Crippen MR) is 60.7 cm³/mol. The third-order valence-corrected chi connectivity index (χ3v) is 4.24. The molecule has 0 rings (SSSR count). The van der Waals surface area contributed by atoms with Crippen LogP contribution in [0.5, 0.6) is 0 Å². The molecule has 0 bridgehead atoms. The van der Waals surface area contributed by atoms with E-state index in [9.17, 15) is 0 Å². The monoisotopic (exact) mass is 225 g/mol. The first-order valence-corrected chi connectivity index (χ1v) is 7.48. The van der Waals surface area contributed by atoms with Crippen molar-refractivity contribution in [2.75, 3.05) is 19.5 Å². The Hall–Kier alpha value is 0.530. The summed E-state index contributed by atoms with van der Waals surface area (Å²) in [6, 6.07) is 0.420. The Labute approximate surface area is 86.4 Å². The Morgan fingerprint density at radius 1 is 1.23 bits per heavy atom. The van der Waals surface area contributed by atoms with Crippen LogP contribution in [0.3, 0.4) is 0 Å². The highest BCUT2D eigenvalue weighted by atomic mass is 32.5. The Bertz CT molecular complexity index is 166. The van der Waals surface area contributed by atoms with Gasteiger partial charge in [-0.05, 0) is 25.7 Å². The Kier molecular flexibility index (Phi) is 7.19. The maximum atomic E-state index is 5.46. The normalized spacial score (nSPS) is 12.4. The third-order valence-electron chi connectivity index (χ3n) is 1.34.